The molecule has 154 valence electrons. The van der Waals surface area contributed by atoms with Crippen molar-refractivity contribution in [2.24, 2.45) is 0 Å². The van der Waals surface area contributed by atoms with Crippen LogP contribution < -0.4 is 5.32 Å². The zero-order valence-electron chi connectivity index (χ0n) is 17.3. The van der Waals surface area contributed by atoms with E-state index in [0.717, 1.165) is 13.1 Å². The van der Waals surface area contributed by atoms with Crippen molar-refractivity contribution in [2.75, 3.05) is 32.5 Å². The van der Waals surface area contributed by atoms with Crippen LogP contribution >= 0.6 is 0 Å². The van der Waals surface area contributed by atoms with E-state index in [1.165, 1.54) is 16.2 Å². The Labute approximate surface area is 176 Å². The number of hydrogen-bond donors (Lipinski definition) is 1. The number of nitrogens with one attached hydrogen (secondary N) is 1. The van der Waals surface area contributed by atoms with Crippen LogP contribution in [-0.2, 0) is 11.3 Å². The molecule has 0 fully saturated rings. The first-order valence-corrected chi connectivity index (χ1v) is 10.1. The van der Waals surface area contributed by atoms with Gasteiger partial charge in [-0.2, -0.15) is 0 Å². The molecule has 0 aliphatic carbocycles. The lowest BCUT2D eigenvalue weighted by molar-refractivity contribution is -0.117. The van der Waals surface area contributed by atoms with Gasteiger partial charge in [0.25, 0.3) is 5.91 Å². The summed E-state index contributed by atoms with van der Waals surface area (Å²) in [6.07, 6.45) is 2.10. The minimum absolute atomic E-state index is 0.0424. The maximum atomic E-state index is 12.8. The van der Waals surface area contributed by atoms with Crippen molar-refractivity contribution < 1.29 is 9.59 Å². The van der Waals surface area contributed by atoms with E-state index < -0.39 is 0 Å². The molecule has 0 bridgehead atoms. The molecule has 2 heterocycles. The van der Waals surface area contributed by atoms with E-state index in [1.807, 2.05) is 18.2 Å². The van der Waals surface area contributed by atoms with Crippen LogP contribution in [-0.4, -0.2) is 53.4 Å². The third-order valence-electron chi connectivity index (χ3n) is 5.42. The fourth-order valence-electron chi connectivity index (χ4n) is 3.96. The third kappa shape index (κ3) is 4.14. The number of nitrogens with zero attached hydrogens (tertiary/aromatic N) is 3. The van der Waals surface area contributed by atoms with Gasteiger partial charge in [-0.25, -0.2) is 0 Å². The summed E-state index contributed by atoms with van der Waals surface area (Å²) in [6, 6.07) is 21.5. The van der Waals surface area contributed by atoms with E-state index in [0.29, 0.717) is 17.8 Å². The molecule has 6 heteroatoms. The van der Waals surface area contributed by atoms with E-state index >= 15 is 0 Å². The second-order valence-electron chi connectivity index (χ2n) is 7.74. The van der Waals surface area contributed by atoms with E-state index in [9.17, 15) is 9.59 Å². The Bertz CT molecular complexity index is 1020. The summed E-state index contributed by atoms with van der Waals surface area (Å²) >= 11 is 0. The fourth-order valence-corrected chi connectivity index (χ4v) is 3.96. The van der Waals surface area contributed by atoms with E-state index in [2.05, 4.69) is 45.2 Å². The summed E-state index contributed by atoms with van der Waals surface area (Å²) in [5.74, 6) is -0.127. The van der Waals surface area contributed by atoms with Gasteiger partial charge in [0.15, 0.2) is 0 Å². The number of fused-ring (bicyclic) bond motifs is 1. The summed E-state index contributed by atoms with van der Waals surface area (Å²) in [5.41, 5.74) is 3.66. The Morgan fingerprint density at radius 2 is 1.70 bits per heavy atom. The van der Waals surface area contributed by atoms with E-state index in [4.69, 9.17) is 0 Å². The highest BCUT2D eigenvalue weighted by Gasteiger charge is 2.29. The van der Waals surface area contributed by atoms with E-state index in [-0.39, 0.29) is 17.9 Å². The number of anilines is 1. The molecule has 1 aliphatic heterocycles. The molecule has 0 radical (unpaired) electrons. The molecule has 2 aromatic carbocycles. The van der Waals surface area contributed by atoms with Crippen molar-refractivity contribution in [2.45, 2.75) is 12.6 Å². The fraction of sp³-hybridized carbons (Fsp3) is 0.250. The average molecular weight is 402 g/mol. The Morgan fingerprint density at radius 1 is 0.967 bits per heavy atom. The number of rotatable bonds is 5. The van der Waals surface area contributed by atoms with Crippen LogP contribution in [0.15, 0.2) is 72.9 Å². The third-order valence-corrected chi connectivity index (χ3v) is 5.42. The normalized spacial score (nSPS) is 16.0. The van der Waals surface area contributed by atoms with Crippen molar-refractivity contribution >= 4 is 17.5 Å². The molecule has 1 aromatic heterocycles. The van der Waals surface area contributed by atoms with Crippen LogP contribution in [0.4, 0.5) is 5.69 Å². The number of amides is 2. The molecule has 0 saturated heterocycles. The average Bonchev–Trinajstić information content (AvgIpc) is 3.23. The van der Waals surface area contributed by atoms with Crippen molar-refractivity contribution in [3.05, 3.63) is 89.7 Å². The molecule has 6 nitrogen and oxygen atoms in total. The molecule has 0 spiro atoms. The monoisotopic (exact) mass is 402 g/mol. The van der Waals surface area contributed by atoms with Crippen molar-refractivity contribution in [1.82, 2.24) is 14.4 Å². The van der Waals surface area contributed by atoms with Gasteiger partial charge in [0.05, 0.1) is 12.6 Å². The highest BCUT2D eigenvalue weighted by Crippen LogP contribution is 2.32. The van der Waals surface area contributed by atoms with Crippen LogP contribution in [0, 0.1) is 0 Å². The van der Waals surface area contributed by atoms with Crippen molar-refractivity contribution in [1.29, 1.82) is 0 Å². The molecule has 1 aliphatic rings. The van der Waals surface area contributed by atoms with Crippen LogP contribution in [0.5, 0.6) is 0 Å². The van der Waals surface area contributed by atoms with Gasteiger partial charge in [-0.05, 0) is 42.0 Å². The number of aromatic nitrogens is 1. The van der Waals surface area contributed by atoms with Gasteiger partial charge in [0.1, 0.15) is 0 Å². The Hall–Kier alpha value is -3.38. The largest absolute Gasteiger partial charge is 0.348 e. The van der Waals surface area contributed by atoms with Gasteiger partial charge < -0.3 is 14.8 Å². The van der Waals surface area contributed by atoms with Gasteiger partial charge in [0.2, 0.25) is 5.91 Å². The molecule has 2 amide bonds. The van der Waals surface area contributed by atoms with Gasteiger partial charge in [-0.15, -0.1) is 0 Å². The minimum Gasteiger partial charge on any atom is -0.348 e. The van der Waals surface area contributed by atoms with Crippen LogP contribution in [0.3, 0.4) is 0 Å². The predicted octanol–water partition coefficient (Wildman–Crippen LogP) is 3.23. The number of carbonyl (C=O) groups is 2. The first-order valence-electron chi connectivity index (χ1n) is 10.1. The lowest BCUT2D eigenvalue weighted by Crippen LogP contribution is -2.42. The molecule has 1 atom stereocenters. The maximum Gasteiger partial charge on any atom is 0.253 e. The number of carbonyl (C=O) groups excluding carboxylic acids is 2. The molecule has 30 heavy (non-hydrogen) atoms. The summed E-state index contributed by atoms with van der Waals surface area (Å²) < 4.78 is 2.26. The highest BCUT2D eigenvalue weighted by atomic mass is 16.2. The van der Waals surface area contributed by atoms with Crippen molar-refractivity contribution in [3.8, 4) is 0 Å². The Morgan fingerprint density at radius 3 is 2.40 bits per heavy atom. The van der Waals surface area contributed by atoms with Gasteiger partial charge >= 0.3 is 0 Å². The van der Waals surface area contributed by atoms with E-state index in [1.54, 1.807) is 38.4 Å². The highest BCUT2D eigenvalue weighted by molar-refractivity contribution is 5.96. The molecule has 3 aromatic rings. The zero-order chi connectivity index (χ0) is 21.1. The molecule has 0 saturated carbocycles. The second-order valence-corrected chi connectivity index (χ2v) is 7.74. The SMILES string of the molecule is CN(C)C(=O)c1ccc(NC(=O)CN2CCn3cccc3C2c2ccccc2)cc1. The van der Waals surface area contributed by atoms with Gasteiger partial charge in [-0.1, -0.05) is 30.3 Å². The quantitative estimate of drug-likeness (QED) is 0.713. The topological polar surface area (TPSA) is 57.6 Å². The summed E-state index contributed by atoms with van der Waals surface area (Å²) in [4.78, 5) is 28.6. The maximum absolute atomic E-state index is 12.8. The van der Waals surface area contributed by atoms with Crippen LogP contribution in [0.1, 0.15) is 27.7 Å². The molecular formula is C24H26N4O2. The standard InChI is InChI=1S/C24H26N4O2/c1-26(2)24(30)19-10-12-20(13-11-19)25-22(29)17-28-16-15-27-14-6-9-21(27)23(28)18-7-4-3-5-8-18/h3-14,23H,15-17H2,1-2H3,(H,25,29). The van der Waals surface area contributed by atoms with Gasteiger partial charge in [-0.3, -0.25) is 14.5 Å². The molecule has 1 unspecified atom stereocenters. The Kier molecular flexibility index (Phi) is 5.68. The summed E-state index contributed by atoms with van der Waals surface area (Å²) in [5, 5.41) is 2.96. The van der Waals surface area contributed by atoms with Crippen molar-refractivity contribution in [3.63, 3.8) is 0 Å². The van der Waals surface area contributed by atoms with Crippen LogP contribution in [0.2, 0.25) is 0 Å². The second kappa shape index (κ2) is 8.55. The number of benzene rings is 2. The summed E-state index contributed by atoms with van der Waals surface area (Å²) in [6.45, 7) is 1.95. The number of hydrogen-bond acceptors (Lipinski definition) is 3. The predicted molar refractivity (Wildman–Crippen MR) is 117 cm³/mol. The molecule has 4 rings (SSSR count). The lowest BCUT2D eigenvalue weighted by atomic mass is 10.00. The zero-order valence-corrected chi connectivity index (χ0v) is 17.3. The first-order chi connectivity index (χ1) is 14.5. The smallest absolute Gasteiger partial charge is 0.253 e. The Balaban J connectivity index is 1.48. The first kappa shape index (κ1) is 19.9. The molecule has 1 N–H and O–H groups in total. The van der Waals surface area contributed by atoms with Gasteiger partial charge in [0, 0.05) is 50.3 Å². The lowest BCUT2D eigenvalue weighted by Gasteiger charge is -2.36. The van der Waals surface area contributed by atoms with Crippen LogP contribution in [0.25, 0.3) is 0 Å². The minimum atomic E-state index is -0.0670. The molecular weight excluding hydrogens is 376 g/mol. The summed E-state index contributed by atoms with van der Waals surface area (Å²) in [7, 11) is 3.44.